The molecule has 0 aliphatic carbocycles. The molecular weight excluding hydrogens is 401 g/mol. The molecule has 0 aromatic heterocycles. The van der Waals surface area contributed by atoms with Crippen molar-refractivity contribution < 1.29 is 35.9 Å². The molecule has 0 unspecified atom stereocenters. The van der Waals surface area contributed by atoms with Crippen LogP contribution in [0.5, 0.6) is 11.5 Å². The molecule has 11 heteroatoms. The van der Waals surface area contributed by atoms with E-state index >= 15 is 0 Å². The number of amides is 1. The third-order valence-electron chi connectivity index (χ3n) is 3.68. The number of fused-ring (bicyclic) bond motifs is 1. The van der Waals surface area contributed by atoms with E-state index in [-0.39, 0.29) is 41.5 Å². The SMILES string of the molecule is O=C(CCCNS(=O)(=O)c1ccc(F)cc1)Nc1ccc2c(c1)OC(F)(F)O2. The maximum absolute atomic E-state index is 13.0. The number of hydrogen-bond donors (Lipinski definition) is 2. The van der Waals surface area contributed by atoms with E-state index in [1.807, 2.05) is 0 Å². The minimum atomic E-state index is -3.80. The molecule has 3 rings (SSSR count). The number of halogens is 3. The lowest BCUT2D eigenvalue weighted by Gasteiger charge is -2.08. The standard InChI is InChI=1S/C17H15F3N2O5S/c18-11-3-6-13(7-4-11)28(24,25)21-9-1-2-16(23)22-12-5-8-14-15(10-12)27-17(19,20)26-14/h3-8,10,21H,1-2,9H2,(H,22,23). The maximum Gasteiger partial charge on any atom is 0.586 e. The Kier molecular flexibility index (Phi) is 5.47. The van der Waals surface area contributed by atoms with Gasteiger partial charge in [0.25, 0.3) is 0 Å². The van der Waals surface area contributed by atoms with Gasteiger partial charge < -0.3 is 14.8 Å². The van der Waals surface area contributed by atoms with Crippen molar-refractivity contribution in [2.75, 3.05) is 11.9 Å². The van der Waals surface area contributed by atoms with Crippen molar-refractivity contribution in [3.8, 4) is 11.5 Å². The van der Waals surface area contributed by atoms with E-state index in [9.17, 15) is 26.4 Å². The predicted octanol–water partition coefficient (Wildman–Crippen LogP) is 2.84. The third kappa shape index (κ3) is 4.93. The van der Waals surface area contributed by atoms with E-state index in [2.05, 4.69) is 19.5 Å². The summed E-state index contributed by atoms with van der Waals surface area (Å²) in [4.78, 5) is 11.8. The fourth-order valence-electron chi connectivity index (χ4n) is 2.40. The molecule has 2 N–H and O–H groups in total. The average Bonchev–Trinajstić information content (AvgIpc) is 2.92. The monoisotopic (exact) mass is 416 g/mol. The fraction of sp³-hybridized carbons (Fsp3) is 0.235. The Morgan fingerprint density at radius 2 is 1.71 bits per heavy atom. The zero-order valence-corrected chi connectivity index (χ0v) is 15.1. The molecule has 150 valence electrons. The van der Waals surface area contributed by atoms with Crippen LogP contribution in [0.4, 0.5) is 18.9 Å². The van der Waals surface area contributed by atoms with Gasteiger partial charge in [-0.2, -0.15) is 0 Å². The van der Waals surface area contributed by atoms with Crippen LogP contribution >= 0.6 is 0 Å². The highest BCUT2D eigenvalue weighted by Gasteiger charge is 2.43. The molecule has 2 aromatic rings. The summed E-state index contributed by atoms with van der Waals surface area (Å²) in [6, 6.07) is 8.14. The van der Waals surface area contributed by atoms with Crippen molar-refractivity contribution in [2.24, 2.45) is 0 Å². The van der Waals surface area contributed by atoms with Crippen LogP contribution < -0.4 is 19.5 Å². The zero-order chi connectivity index (χ0) is 20.4. The number of benzene rings is 2. The number of nitrogens with one attached hydrogen (secondary N) is 2. The first kappa shape index (κ1) is 20.0. The molecule has 0 bridgehead atoms. The van der Waals surface area contributed by atoms with Crippen molar-refractivity contribution in [1.29, 1.82) is 0 Å². The Morgan fingerprint density at radius 3 is 2.43 bits per heavy atom. The third-order valence-corrected chi connectivity index (χ3v) is 5.16. The van der Waals surface area contributed by atoms with E-state index in [1.54, 1.807) is 0 Å². The largest absolute Gasteiger partial charge is 0.586 e. The summed E-state index contributed by atoms with van der Waals surface area (Å²) in [5.41, 5.74) is 0.233. The van der Waals surface area contributed by atoms with E-state index in [1.165, 1.54) is 18.2 Å². The number of hydrogen-bond acceptors (Lipinski definition) is 5. The second-order valence-electron chi connectivity index (χ2n) is 5.83. The Balaban J connectivity index is 1.46. The molecule has 0 fully saturated rings. The van der Waals surface area contributed by atoms with Gasteiger partial charge in [0, 0.05) is 24.7 Å². The number of carbonyl (C=O) groups excluding carboxylic acids is 1. The minimum absolute atomic E-state index is 0.0134. The number of anilines is 1. The van der Waals surface area contributed by atoms with Gasteiger partial charge >= 0.3 is 6.29 Å². The lowest BCUT2D eigenvalue weighted by Crippen LogP contribution is -2.26. The Labute approximate surface area is 158 Å². The second-order valence-corrected chi connectivity index (χ2v) is 7.60. The molecule has 2 aromatic carbocycles. The molecule has 0 atom stereocenters. The van der Waals surface area contributed by atoms with Gasteiger partial charge in [0.1, 0.15) is 5.82 Å². The average molecular weight is 416 g/mol. The topological polar surface area (TPSA) is 93.7 Å². The van der Waals surface area contributed by atoms with Crippen LogP contribution in [0.25, 0.3) is 0 Å². The smallest absolute Gasteiger partial charge is 0.395 e. The lowest BCUT2D eigenvalue weighted by molar-refractivity contribution is -0.286. The molecule has 1 amide bonds. The minimum Gasteiger partial charge on any atom is -0.395 e. The summed E-state index contributed by atoms with van der Waals surface area (Å²) in [5.74, 6) is -1.33. The van der Waals surface area contributed by atoms with E-state index < -0.39 is 28.0 Å². The van der Waals surface area contributed by atoms with Gasteiger partial charge in [-0.15, -0.1) is 8.78 Å². The predicted molar refractivity (Wildman–Crippen MR) is 92.1 cm³/mol. The molecule has 28 heavy (non-hydrogen) atoms. The number of alkyl halides is 2. The summed E-state index contributed by atoms with van der Waals surface area (Å²) < 4.78 is 73.7. The van der Waals surface area contributed by atoms with Gasteiger partial charge in [-0.25, -0.2) is 17.5 Å². The van der Waals surface area contributed by atoms with E-state index in [4.69, 9.17) is 0 Å². The molecule has 1 aliphatic rings. The zero-order valence-electron chi connectivity index (χ0n) is 14.2. The first-order chi connectivity index (χ1) is 13.1. The summed E-state index contributed by atoms with van der Waals surface area (Å²) in [5, 5.41) is 2.50. The number of ether oxygens (including phenoxy) is 2. The van der Waals surface area contributed by atoms with Crippen LogP contribution in [0.3, 0.4) is 0 Å². The number of carbonyl (C=O) groups is 1. The molecular formula is C17H15F3N2O5S. The summed E-state index contributed by atoms with van der Waals surface area (Å²) in [7, 11) is -3.80. The summed E-state index contributed by atoms with van der Waals surface area (Å²) in [6.45, 7) is -0.0134. The summed E-state index contributed by atoms with van der Waals surface area (Å²) in [6.07, 6.45) is -3.57. The second kappa shape index (κ2) is 7.68. The van der Waals surface area contributed by atoms with Crippen molar-refractivity contribution in [3.05, 3.63) is 48.3 Å². The molecule has 0 saturated carbocycles. The Hall–Kier alpha value is -2.79. The van der Waals surface area contributed by atoms with Crippen molar-refractivity contribution >= 4 is 21.6 Å². The van der Waals surface area contributed by atoms with Crippen LogP contribution in [0.1, 0.15) is 12.8 Å². The van der Waals surface area contributed by atoms with Gasteiger partial charge in [0.05, 0.1) is 4.90 Å². The molecule has 0 spiro atoms. The molecule has 0 saturated heterocycles. The van der Waals surface area contributed by atoms with Gasteiger partial charge in [0.2, 0.25) is 15.9 Å². The fourth-order valence-corrected chi connectivity index (χ4v) is 3.48. The van der Waals surface area contributed by atoms with Crippen molar-refractivity contribution in [1.82, 2.24) is 4.72 Å². The first-order valence-electron chi connectivity index (χ1n) is 8.10. The molecule has 1 aliphatic heterocycles. The lowest BCUT2D eigenvalue weighted by atomic mass is 10.2. The van der Waals surface area contributed by atoms with Crippen LogP contribution in [-0.4, -0.2) is 27.2 Å². The van der Waals surface area contributed by atoms with Crippen molar-refractivity contribution in [2.45, 2.75) is 24.0 Å². The van der Waals surface area contributed by atoms with Crippen LogP contribution in [0.15, 0.2) is 47.4 Å². The van der Waals surface area contributed by atoms with Gasteiger partial charge in [-0.3, -0.25) is 4.79 Å². The van der Waals surface area contributed by atoms with Crippen LogP contribution in [-0.2, 0) is 14.8 Å². The Morgan fingerprint density at radius 1 is 1.04 bits per heavy atom. The molecule has 1 heterocycles. The van der Waals surface area contributed by atoms with Crippen LogP contribution in [0.2, 0.25) is 0 Å². The van der Waals surface area contributed by atoms with Crippen LogP contribution in [0, 0.1) is 5.82 Å². The van der Waals surface area contributed by atoms with Gasteiger partial charge in [0.15, 0.2) is 11.5 Å². The first-order valence-corrected chi connectivity index (χ1v) is 9.58. The highest BCUT2D eigenvalue weighted by Crippen LogP contribution is 2.42. The normalized spacial score (nSPS) is 14.7. The summed E-state index contributed by atoms with van der Waals surface area (Å²) >= 11 is 0. The van der Waals surface area contributed by atoms with Gasteiger partial charge in [-0.1, -0.05) is 0 Å². The quantitative estimate of drug-likeness (QED) is 0.677. The molecule has 7 nitrogen and oxygen atoms in total. The van der Waals surface area contributed by atoms with Gasteiger partial charge in [-0.05, 0) is 42.8 Å². The maximum atomic E-state index is 13.0. The number of sulfonamides is 1. The molecule has 0 radical (unpaired) electrons. The van der Waals surface area contributed by atoms with E-state index in [0.717, 1.165) is 24.3 Å². The highest BCUT2D eigenvalue weighted by atomic mass is 32.2. The number of rotatable bonds is 7. The van der Waals surface area contributed by atoms with Crippen molar-refractivity contribution in [3.63, 3.8) is 0 Å². The van der Waals surface area contributed by atoms with E-state index in [0.29, 0.717) is 0 Å². The Bertz CT molecular complexity index is 981. The highest BCUT2D eigenvalue weighted by molar-refractivity contribution is 7.89.